The summed E-state index contributed by atoms with van der Waals surface area (Å²) in [7, 11) is 0. The molecule has 3 rings (SSSR count). The van der Waals surface area contributed by atoms with Crippen LogP contribution in [0.5, 0.6) is 0 Å². The van der Waals surface area contributed by atoms with Crippen molar-refractivity contribution in [3.8, 4) is 0 Å². The molecule has 0 saturated carbocycles. The molecule has 0 aliphatic rings. The van der Waals surface area contributed by atoms with Gasteiger partial charge in [0.15, 0.2) is 0 Å². The molecule has 2 aromatic heterocycles. The van der Waals surface area contributed by atoms with Gasteiger partial charge in [0, 0.05) is 30.5 Å². The van der Waals surface area contributed by atoms with E-state index >= 15 is 0 Å². The Bertz CT molecular complexity index is 680. The number of fused-ring (bicyclic) bond motifs is 1. The number of rotatable bonds is 4. The van der Waals surface area contributed by atoms with Crippen LogP contribution in [0.2, 0.25) is 0 Å². The third kappa shape index (κ3) is 2.51. The zero-order chi connectivity index (χ0) is 13.1. The van der Waals surface area contributed by atoms with Crippen LogP contribution in [0.25, 0.3) is 10.9 Å². The second kappa shape index (κ2) is 5.24. The van der Waals surface area contributed by atoms with Crippen molar-refractivity contribution in [3.63, 3.8) is 0 Å². The minimum atomic E-state index is 0.697. The molecule has 3 nitrogen and oxygen atoms in total. The molecule has 0 aliphatic carbocycles. The van der Waals surface area contributed by atoms with Crippen molar-refractivity contribution in [2.24, 2.45) is 5.73 Å². The first kappa shape index (κ1) is 11.9. The van der Waals surface area contributed by atoms with Gasteiger partial charge in [-0.2, -0.15) is 0 Å². The number of hydrogen-bond acceptors (Lipinski definition) is 2. The average Bonchev–Trinajstić information content (AvgIpc) is 2.87. The van der Waals surface area contributed by atoms with Crippen LogP contribution in [-0.4, -0.2) is 16.1 Å². The zero-order valence-electron chi connectivity index (χ0n) is 10.8. The summed E-state index contributed by atoms with van der Waals surface area (Å²) in [5.41, 5.74) is 9.21. The number of benzene rings is 1. The van der Waals surface area contributed by atoms with E-state index in [4.69, 9.17) is 5.73 Å². The lowest BCUT2D eigenvalue weighted by molar-refractivity contribution is 0.804. The molecule has 0 radical (unpaired) electrons. The minimum absolute atomic E-state index is 0.697. The molecule has 0 fully saturated rings. The Labute approximate surface area is 112 Å². The Balaban J connectivity index is 1.92. The van der Waals surface area contributed by atoms with Crippen LogP contribution in [0.1, 0.15) is 11.1 Å². The smallest absolute Gasteiger partial charge is 0.0705 e. The molecule has 0 aliphatic heterocycles. The Morgan fingerprint density at radius 2 is 2.00 bits per heavy atom. The second-order valence-corrected chi connectivity index (χ2v) is 4.72. The van der Waals surface area contributed by atoms with Crippen molar-refractivity contribution in [2.45, 2.75) is 13.0 Å². The van der Waals surface area contributed by atoms with Crippen molar-refractivity contribution in [2.75, 3.05) is 6.54 Å². The van der Waals surface area contributed by atoms with Gasteiger partial charge in [-0.15, -0.1) is 0 Å². The molecule has 2 N–H and O–H groups in total. The molecule has 0 spiro atoms. The molecule has 2 heterocycles. The van der Waals surface area contributed by atoms with Crippen molar-refractivity contribution in [3.05, 3.63) is 66.1 Å². The lowest BCUT2D eigenvalue weighted by Gasteiger charge is -2.07. The van der Waals surface area contributed by atoms with E-state index in [0.29, 0.717) is 6.54 Å². The molecule has 3 heteroatoms. The Hall–Kier alpha value is -2.13. The first-order valence-electron chi connectivity index (χ1n) is 6.54. The van der Waals surface area contributed by atoms with E-state index in [2.05, 4.69) is 46.2 Å². The van der Waals surface area contributed by atoms with Gasteiger partial charge in [0.25, 0.3) is 0 Å². The van der Waals surface area contributed by atoms with Crippen molar-refractivity contribution < 1.29 is 0 Å². The van der Waals surface area contributed by atoms with Crippen LogP contribution in [-0.2, 0) is 13.0 Å². The topological polar surface area (TPSA) is 43.8 Å². The van der Waals surface area contributed by atoms with E-state index < -0.39 is 0 Å². The van der Waals surface area contributed by atoms with Crippen LogP contribution in [0, 0.1) is 0 Å². The average molecular weight is 251 g/mol. The third-order valence-electron chi connectivity index (χ3n) is 3.34. The molecule has 1 aromatic carbocycles. The number of para-hydroxylation sites is 1. The van der Waals surface area contributed by atoms with Crippen LogP contribution < -0.4 is 5.73 Å². The molecule has 0 atom stereocenters. The summed E-state index contributed by atoms with van der Waals surface area (Å²) >= 11 is 0. The fraction of sp³-hybridized carbons (Fsp3) is 0.188. The number of hydrogen-bond donors (Lipinski definition) is 1. The van der Waals surface area contributed by atoms with Gasteiger partial charge in [-0.25, -0.2) is 0 Å². The van der Waals surface area contributed by atoms with Gasteiger partial charge in [0.1, 0.15) is 0 Å². The monoisotopic (exact) mass is 251 g/mol. The van der Waals surface area contributed by atoms with Gasteiger partial charge in [0.05, 0.1) is 5.52 Å². The summed E-state index contributed by atoms with van der Waals surface area (Å²) in [6.07, 6.45) is 7.09. The first-order valence-corrected chi connectivity index (χ1v) is 6.54. The molecule has 96 valence electrons. The van der Waals surface area contributed by atoms with Crippen molar-refractivity contribution in [1.82, 2.24) is 9.55 Å². The van der Waals surface area contributed by atoms with Gasteiger partial charge in [-0.1, -0.05) is 18.2 Å². The highest BCUT2D eigenvalue weighted by Gasteiger charge is 2.02. The van der Waals surface area contributed by atoms with Gasteiger partial charge in [-0.05, 0) is 42.3 Å². The summed E-state index contributed by atoms with van der Waals surface area (Å²) in [6.45, 7) is 1.57. The summed E-state index contributed by atoms with van der Waals surface area (Å²) in [4.78, 5) is 4.39. The maximum absolute atomic E-state index is 5.58. The molecule has 3 aromatic rings. The largest absolute Gasteiger partial charge is 0.350 e. The fourth-order valence-electron chi connectivity index (χ4n) is 2.39. The Morgan fingerprint density at radius 1 is 1.11 bits per heavy atom. The maximum Gasteiger partial charge on any atom is 0.0705 e. The molecular formula is C16H17N3. The van der Waals surface area contributed by atoms with Gasteiger partial charge < -0.3 is 10.3 Å². The van der Waals surface area contributed by atoms with E-state index in [0.717, 1.165) is 18.5 Å². The summed E-state index contributed by atoms with van der Waals surface area (Å²) in [5.74, 6) is 0. The zero-order valence-corrected chi connectivity index (χ0v) is 10.8. The third-order valence-corrected chi connectivity index (χ3v) is 3.34. The van der Waals surface area contributed by atoms with Crippen molar-refractivity contribution >= 4 is 10.9 Å². The summed E-state index contributed by atoms with van der Waals surface area (Å²) in [6, 6.07) is 12.5. The Morgan fingerprint density at radius 3 is 2.89 bits per heavy atom. The van der Waals surface area contributed by atoms with E-state index in [-0.39, 0.29) is 0 Å². The molecular weight excluding hydrogens is 234 g/mol. The first-order chi connectivity index (χ1) is 9.36. The molecule has 0 amide bonds. The molecule has 0 saturated heterocycles. The highest BCUT2D eigenvalue weighted by molar-refractivity contribution is 5.81. The van der Waals surface area contributed by atoms with Crippen LogP contribution >= 0.6 is 0 Å². The summed E-state index contributed by atoms with van der Waals surface area (Å²) < 4.78 is 2.20. The highest BCUT2D eigenvalue weighted by Crippen LogP contribution is 2.17. The van der Waals surface area contributed by atoms with Crippen LogP contribution in [0.3, 0.4) is 0 Å². The minimum Gasteiger partial charge on any atom is -0.350 e. The highest BCUT2D eigenvalue weighted by atomic mass is 14.9. The van der Waals surface area contributed by atoms with Crippen molar-refractivity contribution in [1.29, 1.82) is 0 Å². The van der Waals surface area contributed by atoms with E-state index in [9.17, 15) is 0 Å². The number of nitrogens with zero attached hydrogens (tertiary/aromatic N) is 2. The maximum atomic E-state index is 5.58. The molecule has 0 bridgehead atoms. The number of nitrogens with two attached hydrogens (primary N) is 1. The van der Waals surface area contributed by atoms with Gasteiger partial charge in [0.2, 0.25) is 0 Å². The lowest BCUT2D eigenvalue weighted by Crippen LogP contribution is -2.02. The number of aromatic nitrogens is 2. The normalized spacial score (nSPS) is 11.0. The SMILES string of the molecule is NCCc1ccn(Cc2ccnc3ccccc23)c1. The van der Waals surface area contributed by atoms with Gasteiger partial charge in [-0.3, -0.25) is 4.98 Å². The molecule has 19 heavy (non-hydrogen) atoms. The number of pyridine rings is 1. The lowest BCUT2D eigenvalue weighted by atomic mass is 10.1. The quantitative estimate of drug-likeness (QED) is 0.774. The van der Waals surface area contributed by atoms with Gasteiger partial charge >= 0.3 is 0 Å². The predicted octanol–water partition coefficient (Wildman–Crippen LogP) is 2.59. The molecule has 0 unspecified atom stereocenters. The standard InChI is InChI=1S/C16H17N3/c17-8-5-13-7-10-19(11-13)12-14-6-9-18-16-4-2-1-3-15(14)16/h1-4,6-7,9-11H,5,8,12,17H2. The van der Waals surface area contributed by atoms with Crippen LogP contribution in [0.4, 0.5) is 0 Å². The van der Waals surface area contributed by atoms with E-state index in [1.807, 2.05) is 18.3 Å². The Kier molecular flexibility index (Phi) is 3.29. The fourth-order valence-corrected chi connectivity index (χ4v) is 2.39. The predicted molar refractivity (Wildman–Crippen MR) is 78.0 cm³/mol. The second-order valence-electron chi connectivity index (χ2n) is 4.72. The van der Waals surface area contributed by atoms with Crippen LogP contribution in [0.15, 0.2) is 55.0 Å². The van der Waals surface area contributed by atoms with E-state index in [1.54, 1.807) is 0 Å². The summed E-state index contributed by atoms with van der Waals surface area (Å²) in [5, 5.41) is 1.22. The van der Waals surface area contributed by atoms with E-state index in [1.165, 1.54) is 16.5 Å².